The van der Waals surface area contributed by atoms with E-state index in [0.29, 0.717) is 6.42 Å². The predicted molar refractivity (Wildman–Crippen MR) is 115 cm³/mol. The summed E-state index contributed by atoms with van der Waals surface area (Å²) in [5.74, 6) is 1.01. The second-order valence-corrected chi connectivity index (χ2v) is 7.14. The molecule has 2 rings (SSSR count). The van der Waals surface area contributed by atoms with Crippen molar-refractivity contribution in [2.45, 2.75) is 45.4 Å². The van der Waals surface area contributed by atoms with E-state index in [2.05, 4.69) is 18.9 Å². The molecule has 0 spiro atoms. The monoisotopic (exact) mass is 403 g/mol. The number of nitrogens with zero attached hydrogens (tertiary/aromatic N) is 2. The lowest BCUT2D eigenvalue weighted by molar-refractivity contribution is -0.132. The minimum Gasteiger partial charge on any atom is -0.399 e. The predicted octanol–water partition coefficient (Wildman–Crippen LogP) is 4.02. The number of halogens is 2. The van der Waals surface area contributed by atoms with E-state index in [1.807, 2.05) is 29.2 Å². The Morgan fingerprint density at radius 3 is 2.50 bits per heavy atom. The number of anilines is 1. The van der Waals surface area contributed by atoms with Gasteiger partial charge in [0, 0.05) is 31.7 Å². The smallest absolute Gasteiger partial charge is 0.222 e. The summed E-state index contributed by atoms with van der Waals surface area (Å²) in [6.07, 6.45) is 6.10. The number of aryl methyl sites for hydroxylation is 1. The number of amides is 1. The highest BCUT2D eigenvalue weighted by atomic mass is 35.5. The molecule has 1 amide bonds. The molecule has 0 aliphatic carbocycles. The number of rotatable bonds is 8. The molecule has 1 saturated heterocycles. The first-order valence-corrected chi connectivity index (χ1v) is 9.39. The van der Waals surface area contributed by atoms with Gasteiger partial charge >= 0.3 is 0 Å². The summed E-state index contributed by atoms with van der Waals surface area (Å²) in [6.45, 7) is 6.42. The summed E-state index contributed by atoms with van der Waals surface area (Å²) in [4.78, 5) is 16.9. The van der Waals surface area contributed by atoms with E-state index in [0.717, 1.165) is 49.5 Å². The van der Waals surface area contributed by atoms with Gasteiger partial charge in [0.05, 0.1) is 0 Å². The van der Waals surface area contributed by atoms with Gasteiger partial charge in [0.2, 0.25) is 5.91 Å². The van der Waals surface area contributed by atoms with Crippen LogP contribution in [0.25, 0.3) is 0 Å². The largest absolute Gasteiger partial charge is 0.399 e. The molecule has 150 valence electrons. The van der Waals surface area contributed by atoms with Gasteiger partial charge in [-0.15, -0.1) is 24.8 Å². The fourth-order valence-corrected chi connectivity index (χ4v) is 3.49. The molecule has 1 aromatic rings. The first-order chi connectivity index (χ1) is 11.6. The number of benzene rings is 1. The van der Waals surface area contributed by atoms with Crippen molar-refractivity contribution in [1.29, 1.82) is 0 Å². The van der Waals surface area contributed by atoms with Crippen LogP contribution in [0.2, 0.25) is 0 Å². The van der Waals surface area contributed by atoms with Crippen molar-refractivity contribution in [3.8, 4) is 0 Å². The molecule has 0 saturated carbocycles. The van der Waals surface area contributed by atoms with Crippen molar-refractivity contribution < 1.29 is 4.79 Å². The summed E-state index contributed by atoms with van der Waals surface area (Å²) in [5, 5.41) is 0. The van der Waals surface area contributed by atoms with E-state index in [1.54, 1.807) is 0 Å². The summed E-state index contributed by atoms with van der Waals surface area (Å²) in [6, 6.07) is 7.83. The topological polar surface area (TPSA) is 49.6 Å². The average molecular weight is 404 g/mol. The Kier molecular flexibility index (Phi) is 12.7. The maximum absolute atomic E-state index is 12.4. The Labute approximate surface area is 171 Å². The second-order valence-electron chi connectivity index (χ2n) is 7.14. The zero-order chi connectivity index (χ0) is 17.4. The van der Waals surface area contributed by atoms with Crippen LogP contribution in [0.4, 0.5) is 5.69 Å². The van der Waals surface area contributed by atoms with E-state index in [-0.39, 0.29) is 30.7 Å². The standard InChI is InChI=1S/C20H33N3O.2ClH/c1-3-4-13-22(2)16-17-11-14-23(15-12-17)20(24)10-9-18-7-5-6-8-19(18)21;;/h5-8,17H,3-4,9-16,21H2,1-2H3;2*1H. The lowest BCUT2D eigenvalue weighted by Crippen LogP contribution is -2.41. The van der Waals surface area contributed by atoms with Crippen molar-refractivity contribution in [2.24, 2.45) is 5.92 Å². The average Bonchev–Trinajstić information content (AvgIpc) is 2.59. The zero-order valence-corrected chi connectivity index (χ0v) is 17.8. The maximum atomic E-state index is 12.4. The number of hydrogen-bond donors (Lipinski definition) is 1. The Morgan fingerprint density at radius 1 is 1.23 bits per heavy atom. The van der Waals surface area contributed by atoms with Crippen molar-refractivity contribution in [1.82, 2.24) is 9.80 Å². The fourth-order valence-electron chi connectivity index (χ4n) is 3.49. The zero-order valence-electron chi connectivity index (χ0n) is 16.2. The highest BCUT2D eigenvalue weighted by Crippen LogP contribution is 2.20. The molecule has 6 heteroatoms. The van der Waals surface area contributed by atoms with E-state index in [9.17, 15) is 4.79 Å². The first kappa shape index (κ1) is 25.0. The Bertz CT molecular complexity index is 520. The maximum Gasteiger partial charge on any atom is 0.222 e. The van der Waals surface area contributed by atoms with E-state index in [4.69, 9.17) is 5.73 Å². The van der Waals surface area contributed by atoms with Gasteiger partial charge in [0.15, 0.2) is 0 Å². The van der Waals surface area contributed by atoms with Crippen molar-refractivity contribution in [3.63, 3.8) is 0 Å². The van der Waals surface area contributed by atoms with Crippen LogP contribution >= 0.6 is 24.8 Å². The normalized spacial score (nSPS) is 14.7. The number of piperidine rings is 1. The Hall–Kier alpha value is -0.970. The van der Waals surface area contributed by atoms with Crippen LogP contribution in [0, 0.1) is 5.92 Å². The van der Waals surface area contributed by atoms with Gasteiger partial charge < -0.3 is 15.5 Å². The summed E-state index contributed by atoms with van der Waals surface area (Å²) >= 11 is 0. The molecule has 0 atom stereocenters. The molecule has 1 aliphatic heterocycles. The summed E-state index contributed by atoms with van der Waals surface area (Å²) < 4.78 is 0. The minimum absolute atomic E-state index is 0. The first-order valence-electron chi connectivity index (χ1n) is 9.39. The molecule has 2 N–H and O–H groups in total. The highest BCUT2D eigenvalue weighted by molar-refractivity contribution is 5.85. The summed E-state index contributed by atoms with van der Waals surface area (Å²) in [7, 11) is 2.22. The van der Waals surface area contributed by atoms with Crippen LogP contribution < -0.4 is 5.73 Å². The van der Waals surface area contributed by atoms with E-state index >= 15 is 0 Å². The number of unbranched alkanes of at least 4 members (excludes halogenated alkanes) is 1. The summed E-state index contributed by atoms with van der Waals surface area (Å²) in [5.41, 5.74) is 7.83. The number of carbonyl (C=O) groups excluding carboxylic acids is 1. The van der Waals surface area contributed by atoms with Crippen LogP contribution in [0.15, 0.2) is 24.3 Å². The molecule has 1 aromatic carbocycles. The number of nitrogen functional groups attached to an aromatic ring is 1. The van der Waals surface area contributed by atoms with Crippen molar-refractivity contribution >= 4 is 36.4 Å². The Balaban J connectivity index is 0.00000312. The molecule has 0 radical (unpaired) electrons. The van der Waals surface area contributed by atoms with E-state index in [1.165, 1.54) is 25.9 Å². The van der Waals surface area contributed by atoms with E-state index < -0.39 is 0 Å². The van der Waals surface area contributed by atoms with Crippen LogP contribution in [-0.4, -0.2) is 48.9 Å². The van der Waals surface area contributed by atoms with Crippen LogP contribution in [-0.2, 0) is 11.2 Å². The lowest BCUT2D eigenvalue weighted by atomic mass is 9.95. The van der Waals surface area contributed by atoms with Gasteiger partial charge in [-0.3, -0.25) is 4.79 Å². The number of hydrogen-bond acceptors (Lipinski definition) is 3. The fraction of sp³-hybridized carbons (Fsp3) is 0.650. The van der Waals surface area contributed by atoms with Gasteiger partial charge in [-0.05, 0) is 56.8 Å². The van der Waals surface area contributed by atoms with Gasteiger partial charge in [0.25, 0.3) is 0 Å². The number of carbonyl (C=O) groups is 1. The van der Waals surface area contributed by atoms with Crippen molar-refractivity contribution in [2.75, 3.05) is 39.0 Å². The number of nitrogens with two attached hydrogens (primary N) is 1. The molecular formula is C20H35Cl2N3O. The SMILES string of the molecule is CCCCN(C)CC1CCN(C(=O)CCc2ccccc2N)CC1.Cl.Cl. The molecule has 1 aliphatic rings. The number of para-hydroxylation sites is 1. The van der Waals surface area contributed by atoms with Crippen LogP contribution in [0.5, 0.6) is 0 Å². The van der Waals surface area contributed by atoms with Crippen molar-refractivity contribution in [3.05, 3.63) is 29.8 Å². The van der Waals surface area contributed by atoms with Crippen LogP contribution in [0.3, 0.4) is 0 Å². The third-order valence-corrected chi connectivity index (χ3v) is 5.09. The molecule has 0 bridgehead atoms. The molecule has 26 heavy (non-hydrogen) atoms. The van der Waals surface area contributed by atoms with Gasteiger partial charge in [-0.2, -0.15) is 0 Å². The third kappa shape index (κ3) is 8.15. The molecule has 1 fully saturated rings. The number of likely N-dealkylation sites (tertiary alicyclic amines) is 1. The third-order valence-electron chi connectivity index (χ3n) is 5.09. The molecule has 0 aromatic heterocycles. The minimum atomic E-state index is 0. The quantitative estimate of drug-likeness (QED) is 0.666. The second kappa shape index (κ2) is 13.2. The van der Waals surface area contributed by atoms with Gasteiger partial charge in [0.1, 0.15) is 0 Å². The lowest BCUT2D eigenvalue weighted by Gasteiger charge is -2.34. The van der Waals surface area contributed by atoms with Gasteiger partial charge in [-0.25, -0.2) is 0 Å². The molecule has 4 nitrogen and oxygen atoms in total. The molecular weight excluding hydrogens is 369 g/mol. The van der Waals surface area contributed by atoms with Crippen LogP contribution in [0.1, 0.15) is 44.6 Å². The molecule has 0 unspecified atom stereocenters. The Morgan fingerprint density at radius 2 is 1.88 bits per heavy atom. The van der Waals surface area contributed by atoms with Gasteiger partial charge in [-0.1, -0.05) is 31.5 Å². The molecule has 1 heterocycles. The highest BCUT2D eigenvalue weighted by Gasteiger charge is 2.23.